The summed E-state index contributed by atoms with van der Waals surface area (Å²) < 4.78 is 5.77. The first-order chi connectivity index (χ1) is 14.1. The van der Waals surface area contributed by atoms with E-state index < -0.39 is 0 Å². The second-order valence-electron chi connectivity index (χ2n) is 6.97. The highest BCUT2D eigenvalue weighted by Gasteiger charge is 2.11. The summed E-state index contributed by atoms with van der Waals surface area (Å²) in [6.45, 7) is 3.08. The van der Waals surface area contributed by atoms with Crippen LogP contribution in [-0.2, 0) is 13.1 Å². The molecule has 0 atom stereocenters. The molecule has 4 aromatic rings. The van der Waals surface area contributed by atoms with Crippen molar-refractivity contribution in [3.8, 4) is 22.8 Å². The van der Waals surface area contributed by atoms with Crippen LogP contribution in [0.15, 0.2) is 69.9 Å². The second-order valence-corrected chi connectivity index (χ2v) is 6.97. The summed E-state index contributed by atoms with van der Waals surface area (Å²) in [5.74, 6) is 1.68. The third-order valence-electron chi connectivity index (χ3n) is 4.44. The number of rotatable bonds is 6. The molecule has 0 amide bonds. The van der Waals surface area contributed by atoms with Gasteiger partial charge in [0.2, 0.25) is 11.8 Å². The predicted molar refractivity (Wildman–Crippen MR) is 110 cm³/mol. The van der Waals surface area contributed by atoms with E-state index >= 15 is 0 Å². The molecule has 2 aromatic carbocycles. The van der Waals surface area contributed by atoms with Gasteiger partial charge in [0.15, 0.2) is 0 Å². The van der Waals surface area contributed by atoms with Gasteiger partial charge in [-0.25, -0.2) is 4.98 Å². The fourth-order valence-electron chi connectivity index (χ4n) is 3.10. The van der Waals surface area contributed by atoms with Gasteiger partial charge in [-0.15, -0.1) is 10.2 Å². The number of nitrogens with one attached hydrogen (secondary N) is 1. The minimum Gasteiger partial charge on any atom is -0.419 e. The highest BCUT2D eigenvalue weighted by atomic mass is 16.4. The second kappa shape index (κ2) is 8.20. The van der Waals surface area contributed by atoms with Crippen molar-refractivity contribution >= 4 is 0 Å². The number of nitrogens with zero attached hydrogens (tertiary/aromatic N) is 4. The minimum absolute atomic E-state index is 0.147. The van der Waals surface area contributed by atoms with Crippen molar-refractivity contribution < 1.29 is 4.42 Å². The fourth-order valence-corrected chi connectivity index (χ4v) is 3.10. The standard InChI is InChI=1S/C22H21N5O2/c1-15-12-19(28)24-21(23-15)17-10-8-16(9-11-17)13-27(2)14-20-25-26-22(29-20)18-6-4-3-5-7-18/h3-12H,13-14H2,1-2H3,(H,23,24,28). The summed E-state index contributed by atoms with van der Waals surface area (Å²) in [6, 6.07) is 19.2. The van der Waals surface area contributed by atoms with Gasteiger partial charge >= 0.3 is 0 Å². The lowest BCUT2D eigenvalue weighted by atomic mass is 10.1. The normalized spacial score (nSPS) is 11.1. The Hall–Kier alpha value is -3.58. The van der Waals surface area contributed by atoms with E-state index in [1.165, 1.54) is 6.07 Å². The molecule has 0 radical (unpaired) electrons. The molecule has 0 bridgehead atoms. The van der Waals surface area contributed by atoms with Gasteiger partial charge in [0.25, 0.3) is 5.56 Å². The zero-order chi connectivity index (χ0) is 20.2. The van der Waals surface area contributed by atoms with Crippen LogP contribution in [0, 0.1) is 6.92 Å². The Balaban J connectivity index is 1.40. The Morgan fingerprint density at radius 3 is 2.45 bits per heavy atom. The van der Waals surface area contributed by atoms with Gasteiger partial charge < -0.3 is 9.40 Å². The van der Waals surface area contributed by atoms with Crippen molar-refractivity contribution in [2.75, 3.05) is 7.05 Å². The summed E-state index contributed by atoms with van der Waals surface area (Å²) in [7, 11) is 2.00. The molecule has 0 saturated heterocycles. The largest absolute Gasteiger partial charge is 0.419 e. The third kappa shape index (κ3) is 4.64. The monoisotopic (exact) mass is 387 g/mol. The Morgan fingerprint density at radius 2 is 1.72 bits per heavy atom. The number of H-pyrrole nitrogens is 1. The molecule has 146 valence electrons. The number of hydrogen-bond donors (Lipinski definition) is 1. The minimum atomic E-state index is -0.147. The summed E-state index contributed by atoms with van der Waals surface area (Å²) in [4.78, 5) is 20.9. The average Bonchev–Trinajstić information content (AvgIpc) is 3.17. The van der Waals surface area contributed by atoms with Gasteiger partial charge in [0.1, 0.15) is 5.82 Å². The summed E-state index contributed by atoms with van der Waals surface area (Å²) in [5.41, 5.74) is 3.47. The summed E-state index contributed by atoms with van der Waals surface area (Å²) in [5, 5.41) is 8.27. The Bertz CT molecular complexity index is 1150. The van der Waals surface area contributed by atoms with Crippen LogP contribution in [0.4, 0.5) is 0 Å². The lowest BCUT2D eigenvalue weighted by Crippen LogP contribution is -2.17. The van der Waals surface area contributed by atoms with Gasteiger partial charge in [-0.1, -0.05) is 42.5 Å². The zero-order valence-corrected chi connectivity index (χ0v) is 16.3. The molecule has 7 heteroatoms. The van der Waals surface area contributed by atoms with Gasteiger partial charge in [0, 0.05) is 29.4 Å². The molecule has 0 unspecified atom stereocenters. The molecule has 0 aliphatic carbocycles. The van der Waals surface area contributed by atoms with Crippen molar-refractivity contribution in [2.45, 2.75) is 20.0 Å². The molecular weight excluding hydrogens is 366 g/mol. The Kier molecular flexibility index (Phi) is 5.31. The van der Waals surface area contributed by atoms with E-state index in [-0.39, 0.29) is 5.56 Å². The number of aryl methyl sites for hydroxylation is 1. The highest BCUT2D eigenvalue weighted by molar-refractivity contribution is 5.55. The molecule has 0 aliphatic rings. The Morgan fingerprint density at radius 1 is 0.966 bits per heavy atom. The first-order valence-corrected chi connectivity index (χ1v) is 9.30. The van der Waals surface area contributed by atoms with Gasteiger partial charge in [-0.2, -0.15) is 0 Å². The lowest BCUT2D eigenvalue weighted by Gasteiger charge is -2.14. The maximum absolute atomic E-state index is 11.6. The molecule has 0 spiro atoms. The van der Waals surface area contributed by atoms with E-state index in [0.717, 1.165) is 23.2 Å². The Labute approximate surface area is 168 Å². The van der Waals surface area contributed by atoms with Crippen LogP contribution in [-0.4, -0.2) is 32.1 Å². The zero-order valence-electron chi connectivity index (χ0n) is 16.3. The number of aromatic amines is 1. The van der Waals surface area contributed by atoms with Gasteiger partial charge in [-0.3, -0.25) is 9.69 Å². The number of aromatic nitrogens is 4. The molecule has 4 rings (SSSR count). The fraction of sp³-hybridized carbons (Fsp3) is 0.182. The van der Waals surface area contributed by atoms with Crippen LogP contribution >= 0.6 is 0 Å². The first-order valence-electron chi connectivity index (χ1n) is 9.30. The van der Waals surface area contributed by atoms with Crippen LogP contribution in [0.2, 0.25) is 0 Å². The molecular formula is C22H21N5O2. The molecule has 0 aliphatic heterocycles. The van der Waals surface area contributed by atoms with E-state index in [2.05, 4.69) is 25.1 Å². The maximum Gasteiger partial charge on any atom is 0.251 e. The molecule has 2 aromatic heterocycles. The third-order valence-corrected chi connectivity index (χ3v) is 4.44. The SMILES string of the molecule is Cc1cc(=O)[nH]c(-c2ccc(CN(C)Cc3nnc(-c4ccccc4)o3)cc2)n1. The van der Waals surface area contributed by atoms with Crippen LogP contribution in [0.3, 0.4) is 0 Å². The smallest absolute Gasteiger partial charge is 0.251 e. The highest BCUT2D eigenvalue weighted by Crippen LogP contribution is 2.19. The van der Waals surface area contributed by atoms with Crippen molar-refractivity contribution in [3.05, 3.63) is 88.2 Å². The van der Waals surface area contributed by atoms with Crippen LogP contribution < -0.4 is 5.56 Å². The van der Waals surface area contributed by atoms with E-state index in [1.807, 2.05) is 68.6 Å². The lowest BCUT2D eigenvalue weighted by molar-refractivity contribution is 0.283. The van der Waals surface area contributed by atoms with Crippen molar-refractivity contribution in [2.24, 2.45) is 0 Å². The van der Waals surface area contributed by atoms with E-state index in [9.17, 15) is 4.79 Å². The molecule has 7 nitrogen and oxygen atoms in total. The van der Waals surface area contributed by atoms with Crippen LogP contribution in [0.1, 0.15) is 17.1 Å². The van der Waals surface area contributed by atoms with Gasteiger partial charge in [-0.05, 0) is 31.7 Å². The molecule has 29 heavy (non-hydrogen) atoms. The van der Waals surface area contributed by atoms with E-state index in [4.69, 9.17) is 4.42 Å². The van der Waals surface area contributed by atoms with Gasteiger partial charge in [0.05, 0.1) is 6.54 Å². The number of hydrogen-bond acceptors (Lipinski definition) is 6. The predicted octanol–water partition coefficient (Wildman–Crippen LogP) is 3.43. The molecule has 0 fully saturated rings. The molecule has 2 heterocycles. The van der Waals surface area contributed by atoms with Crippen molar-refractivity contribution in [1.82, 2.24) is 25.1 Å². The van der Waals surface area contributed by atoms with Crippen LogP contribution in [0.5, 0.6) is 0 Å². The van der Waals surface area contributed by atoms with E-state index in [0.29, 0.717) is 29.8 Å². The topological polar surface area (TPSA) is 87.9 Å². The average molecular weight is 387 g/mol. The first kappa shape index (κ1) is 18.8. The van der Waals surface area contributed by atoms with E-state index in [1.54, 1.807) is 0 Å². The maximum atomic E-state index is 11.6. The van der Waals surface area contributed by atoms with Crippen LogP contribution in [0.25, 0.3) is 22.8 Å². The number of benzene rings is 2. The summed E-state index contributed by atoms with van der Waals surface area (Å²) >= 11 is 0. The molecule has 0 saturated carbocycles. The quantitative estimate of drug-likeness (QED) is 0.545. The van der Waals surface area contributed by atoms with Crippen molar-refractivity contribution in [1.29, 1.82) is 0 Å². The summed E-state index contributed by atoms with van der Waals surface area (Å²) in [6.07, 6.45) is 0. The molecule has 1 N–H and O–H groups in total. The van der Waals surface area contributed by atoms with Crippen molar-refractivity contribution in [3.63, 3.8) is 0 Å².